The summed E-state index contributed by atoms with van der Waals surface area (Å²) in [6.45, 7) is 0. The Balaban J connectivity index is 1.32. The summed E-state index contributed by atoms with van der Waals surface area (Å²) in [6.07, 6.45) is 5.23. The average molecular weight is 439 g/mol. The van der Waals surface area contributed by atoms with Gasteiger partial charge in [-0.25, -0.2) is 4.98 Å². The first kappa shape index (κ1) is 20.7. The Morgan fingerprint density at radius 2 is 1.83 bits per heavy atom. The largest absolute Gasteiger partial charge is 0.490 e. The molecule has 1 heterocycles. The van der Waals surface area contributed by atoms with Gasteiger partial charge in [0, 0.05) is 17.5 Å². The number of pyridine rings is 1. The van der Waals surface area contributed by atoms with Crippen LogP contribution >= 0.6 is 23.2 Å². The maximum atomic E-state index is 12.7. The number of ketones is 1. The number of rotatable bonds is 2. The molecule has 0 amide bonds. The molecule has 1 aromatic heterocycles. The van der Waals surface area contributed by atoms with Crippen LogP contribution in [-0.4, -0.2) is 16.9 Å². The van der Waals surface area contributed by atoms with Gasteiger partial charge < -0.3 is 4.74 Å². The van der Waals surface area contributed by atoms with Crippen LogP contribution < -0.4 is 4.74 Å². The number of fused-ring (bicyclic) bond motifs is 1. The van der Waals surface area contributed by atoms with Crippen molar-refractivity contribution in [2.75, 3.05) is 0 Å². The summed E-state index contributed by atoms with van der Waals surface area (Å²) in [4.78, 5) is 17.0. The molecule has 1 unspecified atom stereocenters. The highest BCUT2D eigenvalue weighted by molar-refractivity contribution is 6.31. The van der Waals surface area contributed by atoms with E-state index >= 15 is 0 Å². The highest BCUT2D eigenvalue weighted by Crippen LogP contribution is 2.30. The third-order valence-electron chi connectivity index (χ3n) is 5.69. The zero-order valence-corrected chi connectivity index (χ0v) is 17.8. The number of carbonyl (C=O) groups is 1. The Bertz CT molecular complexity index is 1070. The van der Waals surface area contributed by atoms with Crippen molar-refractivity contribution in [1.29, 1.82) is 5.26 Å². The number of aryl methyl sites for hydroxylation is 1. The Morgan fingerprint density at radius 3 is 2.57 bits per heavy atom. The second kappa shape index (κ2) is 9.09. The summed E-state index contributed by atoms with van der Waals surface area (Å²) >= 11 is 12.0. The van der Waals surface area contributed by atoms with E-state index in [-0.39, 0.29) is 23.7 Å². The van der Waals surface area contributed by atoms with Gasteiger partial charge in [0.05, 0.1) is 28.3 Å². The van der Waals surface area contributed by atoms with Gasteiger partial charge in [-0.2, -0.15) is 5.26 Å². The molecule has 1 fully saturated rings. The van der Waals surface area contributed by atoms with Gasteiger partial charge in [-0.3, -0.25) is 4.79 Å². The zero-order valence-electron chi connectivity index (χ0n) is 16.3. The van der Waals surface area contributed by atoms with E-state index in [1.54, 1.807) is 30.3 Å². The Hall–Kier alpha value is -2.53. The van der Waals surface area contributed by atoms with Crippen molar-refractivity contribution < 1.29 is 9.53 Å². The van der Waals surface area contributed by atoms with Crippen LogP contribution in [0, 0.1) is 35.0 Å². The smallest absolute Gasteiger partial charge is 0.179 e. The number of aromatic nitrogens is 1. The van der Waals surface area contributed by atoms with E-state index in [0.717, 1.165) is 37.8 Å². The minimum Gasteiger partial charge on any atom is -0.490 e. The molecule has 2 aliphatic rings. The lowest BCUT2D eigenvalue weighted by atomic mass is 9.84. The van der Waals surface area contributed by atoms with E-state index in [1.165, 1.54) is 0 Å². The number of nitriles is 1. The van der Waals surface area contributed by atoms with Gasteiger partial charge in [0.15, 0.2) is 5.78 Å². The predicted octanol–water partition coefficient (Wildman–Crippen LogP) is 5.65. The lowest BCUT2D eigenvalue weighted by molar-refractivity contribution is 0.0934. The summed E-state index contributed by atoms with van der Waals surface area (Å²) in [7, 11) is 0. The Morgan fingerprint density at radius 1 is 1.03 bits per heavy atom. The summed E-state index contributed by atoms with van der Waals surface area (Å²) in [5.41, 5.74) is 1.89. The zero-order chi connectivity index (χ0) is 21.1. The molecule has 2 aromatic rings. The SMILES string of the molecule is N#Cc1ccc(OC2CCC(C#CC3CCc4nc(Cl)ccc4C3=O)CC2)cc1Cl. The first-order chi connectivity index (χ1) is 14.5. The van der Waals surface area contributed by atoms with Crippen LogP contribution in [0.2, 0.25) is 10.2 Å². The van der Waals surface area contributed by atoms with Crippen molar-refractivity contribution in [2.45, 2.75) is 44.6 Å². The average Bonchev–Trinajstić information content (AvgIpc) is 2.74. The maximum absolute atomic E-state index is 12.7. The fourth-order valence-electron chi connectivity index (χ4n) is 4.02. The molecule has 0 radical (unpaired) electrons. The highest BCUT2D eigenvalue weighted by atomic mass is 35.5. The Kier molecular flexibility index (Phi) is 6.28. The molecule has 1 aromatic carbocycles. The number of hydrogen-bond donors (Lipinski definition) is 0. The molecule has 2 aliphatic carbocycles. The summed E-state index contributed by atoms with van der Waals surface area (Å²) in [6, 6.07) is 10.6. The fraction of sp³-hybridized carbons (Fsp3) is 0.375. The lowest BCUT2D eigenvalue weighted by Crippen LogP contribution is -2.24. The molecular formula is C24H20Cl2N2O2. The summed E-state index contributed by atoms with van der Waals surface area (Å²) in [5.74, 6) is 7.35. The standard InChI is InChI=1S/C24H20Cl2N2O2/c25-21-13-19(9-5-17(21)14-27)30-18-7-2-15(3-8-18)1-4-16-6-11-22-20(24(16)29)10-12-23(26)28-22/h5,9-10,12-13,15-16,18H,2-3,6-8,11H2. The van der Waals surface area contributed by atoms with E-state index in [9.17, 15) is 4.79 Å². The topological polar surface area (TPSA) is 63.0 Å². The maximum Gasteiger partial charge on any atom is 0.179 e. The molecular weight excluding hydrogens is 419 g/mol. The van der Waals surface area contributed by atoms with Gasteiger partial charge in [0.25, 0.3) is 0 Å². The van der Waals surface area contributed by atoms with Crippen molar-refractivity contribution >= 4 is 29.0 Å². The number of nitrogens with zero attached hydrogens (tertiary/aromatic N) is 2. The van der Waals surface area contributed by atoms with Crippen LogP contribution in [0.1, 0.15) is 53.7 Å². The molecule has 0 N–H and O–H groups in total. The normalized spacial score (nSPS) is 23.0. The minimum atomic E-state index is -0.254. The summed E-state index contributed by atoms with van der Waals surface area (Å²) < 4.78 is 6.03. The molecule has 0 spiro atoms. The lowest BCUT2D eigenvalue weighted by Gasteiger charge is -2.26. The van der Waals surface area contributed by atoms with Crippen molar-refractivity contribution in [1.82, 2.24) is 4.98 Å². The van der Waals surface area contributed by atoms with Crippen molar-refractivity contribution in [3.05, 3.63) is 57.3 Å². The van der Waals surface area contributed by atoms with Gasteiger partial charge in [-0.05, 0) is 62.8 Å². The molecule has 1 saturated carbocycles. The third-order valence-corrected chi connectivity index (χ3v) is 6.21. The van der Waals surface area contributed by atoms with E-state index in [0.29, 0.717) is 33.5 Å². The van der Waals surface area contributed by atoms with Gasteiger partial charge in [0.1, 0.15) is 17.0 Å². The van der Waals surface area contributed by atoms with Crippen LogP contribution in [0.25, 0.3) is 0 Å². The van der Waals surface area contributed by atoms with Crippen molar-refractivity contribution in [2.24, 2.45) is 11.8 Å². The number of Topliss-reactive ketones (excluding diaryl/α,β-unsaturated/α-hetero) is 1. The quantitative estimate of drug-likeness (QED) is 0.448. The first-order valence-electron chi connectivity index (χ1n) is 10.1. The molecule has 0 aliphatic heterocycles. The van der Waals surface area contributed by atoms with Gasteiger partial charge >= 0.3 is 0 Å². The number of halogens is 2. The predicted molar refractivity (Wildman–Crippen MR) is 116 cm³/mol. The van der Waals surface area contributed by atoms with Crippen LogP contribution in [0.15, 0.2) is 30.3 Å². The van der Waals surface area contributed by atoms with Crippen LogP contribution in [0.5, 0.6) is 5.75 Å². The number of carbonyl (C=O) groups excluding carboxylic acids is 1. The second-order valence-corrected chi connectivity index (χ2v) is 8.51. The molecule has 0 bridgehead atoms. The van der Waals surface area contributed by atoms with Gasteiger partial charge in [-0.15, -0.1) is 0 Å². The van der Waals surface area contributed by atoms with E-state index in [4.69, 9.17) is 33.2 Å². The Labute approximate surface area is 186 Å². The third kappa shape index (κ3) is 4.62. The summed E-state index contributed by atoms with van der Waals surface area (Å²) in [5, 5.41) is 9.80. The number of ether oxygens (including phenoxy) is 1. The highest BCUT2D eigenvalue weighted by Gasteiger charge is 2.28. The van der Waals surface area contributed by atoms with Crippen molar-refractivity contribution in [3.8, 4) is 23.7 Å². The second-order valence-electron chi connectivity index (χ2n) is 7.72. The first-order valence-corrected chi connectivity index (χ1v) is 10.9. The minimum absolute atomic E-state index is 0.0580. The van der Waals surface area contributed by atoms with E-state index < -0.39 is 0 Å². The van der Waals surface area contributed by atoms with E-state index in [2.05, 4.69) is 16.8 Å². The molecule has 4 nitrogen and oxygen atoms in total. The number of hydrogen-bond acceptors (Lipinski definition) is 4. The van der Waals surface area contributed by atoms with Crippen LogP contribution in [-0.2, 0) is 6.42 Å². The van der Waals surface area contributed by atoms with Gasteiger partial charge in [-0.1, -0.05) is 35.0 Å². The van der Waals surface area contributed by atoms with Crippen LogP contribution in [0.4, 0.5) is 0 Å². The monoisotopic (exact) mass is 438 g/mol. The van der Waals surface area contributed by atoms with E-state index in [1.807, 2.05) is 6.07 Å². The molecule has 0 saturated heterocycles. The number of benzene rings is 1. The molecule has 30 heavy (non-hydrogen) atoms. The molecule has 4 rings (SSSR count). The van der Waals surface area contributed by atoms with Crippen LogP contribution in [0.3, 0.4) is 0 Å². The molecule has 6 heteroatoms. The fourth-order valence-corrected chi connectivity index (χ4v) is 4.40. The van der Waals surface area contributed by atoms with Crippen molar-refractivity contribution in [3.63, 3.8) is 0 Å². The van der Waals surface area contributed by atoms with Gasteiger partial charge in [0.2, 0.25) is 0 Å². The molecule has 1 atom stereocenters. The molecule has 152 valence electrons.